The molecule has 0 bridgehead atoms. The normalized spacial score (nSPS) is 12.0. The molecule has 0 unspecified atom stereocenters. The van der Waals surface area contributed by atoms with Crippen molar-refractivity contribution in [1.29, 1.82) is 0 Å². The van der Waals surface area contributed by atoms with Gasteiger partial charge in [-0.05, 0) is 56.5 Å². The monoisotopic (exact) mass is 551 g/mol. The minimum Gasteiger partial charge on any atom is -0.497 e. The molecule has 1 N–H and O–H groups in total. The maximum Gasteiger partial charge on any atom is 0.264 e. The molecule has 39 heavy (non-hydrogen) atoms. The highest BCUT2D eigenvalue weighted by Crippen LogP contribution is 2.27. The SMILES string of the molecule is CC[C@@H](C(=O)NC(C)C)N(CCc1ccccc1)C(=O)CN(c1cccc(OC)c1)S(=O)(=O)c1ccccc1. The Labute approximate surface area is 231 Å². The quantitative estimate of drug-likeness (QED) is 0.342. The van der Waals surface area contributed by atoms with Crippen LogP contribution in [0.5, 0.6) is 5.75 Å². The zero-order chi connectivity index (χ0) is 28.4. The van der Waals surface area contributed by atoms with Crippen LogP contribution in [0.3, 0.4) is 0 Å². The van der Waals surface area contributed by atoms with E-state index in [1.54, 1.807) is 42.5 Å². The third kappa shape index (κ3) is 7.83. The molecular weight excluding hydrogens is 514 g/mol. The number of methoxy groups -OCH3 is 1. The molecule has 8 nitrogen and oxygen atoms in total. The number of hydrogen-bond acceptors (Lipinski definition) is 5. The van der Waals surface area contributed by atoms with Crippen molar-refractivity contribution in [2.24, 2.45) is 0 Å². The molecule has 208 valence electrons. The van der Waals surface area contributed by atoms with Crippen molar-refractivity contribution in [1.82, 2.24) is 10.2 Å². The van der Waals surface area contributed by atoms with Gasteiger partial charge in [-0.2, -0.15) is 0 Å². The smallest absolute Gasteiger partial charge is 0.264 e. The number of rotatable bonds is 13. The number of nitrogens with zero attached hydrogens (tertiary/aromatic N) is 2. The van der Waals surface area contributed by atoms with Crippen LogP contribution in [0.4, 0.5) is 5.69 Å². The molecule has 0 saturated heterocycles. The van der Waals surface area contributed by atoms with Crippen LogP contribution in [-0.4, -0.2) is 57.4 Å². The summed E-state index contributed by atoms with van der Waals surface area (Å²) >= 11 is 0. The first-order valence-corrected chi connectivity index (χ1v) is 14.5. The third-order valence-electron chi connectivity index (χ3n) is 6.25. The number of anilines is 1. The van der Waals surface area contributed by atoms with Gasteiger partial charge in [-0.1, -0.05) is 61.5 Å². The molecule has 0 aromatic heterocycles. The van der Waals surface area contributed by atoms with E-state index in [9.17, 15) is 18.0 Å². The van der Waals surface area contributed by atoms with E-state index < -0.39 is 28.5 Å². The van der Waals surface area contributed by atoms with Crippen LogP contribution < -0.4 is 14.4 Å². The van der Waals surface area contributed by atoms with E-state index in [1.165, 1.54) is 24.1 Å². The van der Waals surface area contributed by atoms with Gasteiger partial charge in [-0.15, -0.1) is 0 Å². The van der Waals surface area contributed by atoms with Crippen molar-refractivity contribution < 1.29 is 22.7 Å². The Balaban J connectivity index is 2.01. The van der Waals surface area contributed by atoms with E-state index >= 15 is 0 Å². The van der Waals surface area contributed by atoms with Gasteiger partial charge in [0.25, 0.3) is 10.0 Å². The first kappa shape index (κ1) is 29.7. The first-order chi connectivity index (χ1) is 18.7. The molecule has 3 rings (SSSR count). The van der Waals surface area contributed by atoms with Crippen LogP contribution in [0.25, 0.3) is 0 Å². The van der Waals surface area contributed by atoms with Gasteiger partial charge in [-0.3, -0.25) is 13.9 Å². The van der Waals surface area contributed by atoms with Gasteiger partial charge >= 0.3 is 0 Å². The van der Waals surface area contributed by atoms with Crippen LogP contribution in [-0.2, 0) is 26.0 Å². The van der Waals surface area contributed by atoms with Gasteiger partial charge in [0.05, 0.1) is 17.7 Å². The number of carbonyl (C=O) groups is 2. The fourth-order valence-electron chi connectivity index (χ4n) is 4.29. The minimum absolute atomic E-state index is 0.0565. The average molecular weight is 552 g/mol. The molecule has 0 radical (unpaired) electrons. The molecule has 0 aliphatic rings. The largest absolute Gasteiger partial charge is 0.497 e. The lowest BCUT2D eigenvalue weighted by atomic mass is 10.1. The van der Waals surface area contributed by atoms with Crippen molar-refractivity contribution in [2.45, 2.75) is 50.6 Å². The molecule has 0 aliphatic carbocycles. The molecule has 2 amide bonds. The summed E-state index contributed by atoms with van der Waals surface area (Å²) < 4.78 is 34.0. The summed E-state index contributed by atoms with van der Waals surface area (Å²) in [6.07, 6.45) is 0.895. The predicted octanol–water partition coefficient (Wildman–Crippen LogP) is 4.27. The van der Waals surface area contributed by atoms with Crippen molar-refractivity contribution in [2.75, 3.05) is 24.5 Å². The van der Waals surface area contributed by atoms with Crippen molar-refractivity contribution in [3.63, 3.8) is 0 Å². The van der Waals surface area contributed by atoms with E-state index in [0.717, 1.165) is 9.87 Å². The van der Waals surface area contributed by atoms with Gasteiger partial charge in [0.1, 0.15) is 18.3 Å². The molecular formula is C30H37N3O5S. The van der Waals surface area contributed by atoms with Gasteiger partial charge in [0.2, 0.25) is 11.8 Å². The average Bonchev–Trinajstić information content (AvgIpc) is 2.94. The van der Waals surface area contributed by atoms with Crippen LogP contribution in [0, 0.1) is 0 Å². The fraction of sp³-hybridized carbons (Fsp3) is 0.333. The first-order valence-electron chi connectivity index (χ1n) is 13.0. The van der Waals surface area contributed by atoms with E-state index in [4.69, 9.17) is 4.74 Å². The van der Waals surface area contributed by atoms with Gasteiger partial charge in [0.15, 0.2) is 0 Å². The molecule has 3 aromatic carbocycles. The Hall–Kier alpha value is -3.85. The molecule has 3 aromatic rings. The zero-order valence-corrected chi connectivity index (χ0v) is 23.7. The molecule has 0 heterocycles. The zero-order valence-electron chi connectivity index (χ0n) is 22.9. The van der Waals surface area contributed by atoms with Crippen molar-refractivity contribution >= 4 is 27.5 Å². The highest BCUT2D eigenvalue weighted by Gasteiger charge is 2.33. The van der Waals surface area contributed by atoms with Crippen LogP contribution in [0.1, 0.15) is 32.8 Å². The van der Waals surface area contributed by atoms with Crippen molar-refractivity contribution in [3.05, 3.63) is 90.5 Å². The Bertz CT molecular complexity index is 1330. The number of carbonyl (C=O) groups excluding carboxylic acids is 2. The number of hydrogen-bond donors (Lipinski definition) is 1. The topological polar surface area (TPSA) is 96.0 Å². The number of sulfonamides is 1. The lowest BCUT2D eigenvalue weighted by Crippen LogP contribution is -2.54. The number of nitrogens with one attached hydrogen (secondary N) is 1. The fourth-order valence-corrected chi connectivity index (χ4v) is 5.72. The summed E-state index contributed by atoms with van der Waals surface area (Å²) in [5.41, 5.74) is 1.30. The predicted molar refractivity (Wildman–Crippen MR) is 153 cm³/mol. The molecule has 0 fully saturated rings. The van der Waals surface area contributed by atoms with E-state index in [0.29, 0.717) is 18.6 Å². The van der Waals surface area contributed by atoms with Crippen LogP contribution in [0.2, 0.25) is 0 Å². The van der Waals surface area contributed by atoms with Crippen molar-refractivity contribution in [3.8, 4) is 5.75 Å². The highest BCUT2D eigenvalue weighted by molar-refractivity contribution is 7.92. The summed E-state index contributed by atoms with van der Waals surface area (Å²) in [4.78, 5) is 28.7. The van der Waals surface area contributed by atoms with Crippen LogP contribution >= 0.6 is 0 Å². The lowest BCUT2D eigenvalue weighted by Gasteiger charge is -2.33. The molecule has 9 heteroatoms. The number of amides is 2. The van der Waals surface area contributed by atoms with E-state index in [-0.39, 0.29) is 29.1 Å². The van der Waals surface area contributed by atoms with E-state index in [1.807, 2.05) is 51.1 Å². The Morgan fingerprint density at radius 1 is 0.923 bits per heavy atom. The third-order valence-corrected chi connectivity index (χ3v) is 8.04. The summed E-state index contributed by atoms with van der Waals surface area (Å²) in [5, 5.41) is 2.90. The maximum atomic E-state index is 14.0. The Morgan fingerprint density at radius 3 is 2.15 bits per heavy atom. The van der Waals surface area contributed by atoms with Crippen LogP contribution in [0.15, 0.2) is 89.8 Å². The highest BCUT2D eigenvalue weighted by atomic mass is 32.2. The molecule has 0 saturated carbocycles. The molecule has 1 atom stereocenters. The second-order valence-electron chi connectivity index (χ2n) is 9.44. The molecule has 0 aliphatic heterocycles. The summed E-state index contributed by atoms with van der Waals surface area (Å²) in [5.74, 6) is -0.288. The Morgan fingerprint density at radius 2 is 1.56 bits per heavy atom. The summed E-state index contributed by atoms with van der Waals surface area (Å²) in [7, 11) is -2.63. The molecule has 0 spiro atoms. The Kier molecular flexibility index (Phi) is 10.5. The lowest BCUT2D eigenvalue weighted by molar-refractivity contribution is -0.139. The second-order valence-corrected chi connectivity index (χ2v) is 11.3. The number of benzene rings is 3. The summed E-state index contributed by atoms with van der Waals surface area (Å²) in [6, 6.07) is 23.3. The number of ether oxygens (including phenoxy) is 1. The van der Waals surface area contributed by atoms with Gasteiger partial charge in [0, 0.05) is 18.7 Å². The van der Waals surface area contributed by atoms with Gasteiger partial charge in [-0.25, -0.2) is 8.42 Å². The maximum absolute atomic E-state index is 14.0. The second kappa shape index (κ2) is 13.8. The van der Waals surface area contributed by atoms with Gasteiger partial charge < -0.3 is 15.0 Å². The summed E-state index contributed by atoms with van der Waals surface area (Å²) in [6.45, 7) is 5.33. The minimum atomic E-state index is -4.12. The van der Waals surface area contributed by atoms with E-state index in [2.05, 4.69) is 5.32 Å². The standard InChI is InChI=1S/C30H37N3O5S/c1-5-28(30(35)31-23(2)3)32(20-19-24-13-8-6-9-14-24)29(34)22-33(25-15-12-16-26(21-25)38-4)39(36,37)27-17-10-7-11-18-27/h6-18,21,23,28H,5,19-20,22H2,1-4H3,(H,31,35)/t28-/m0/s1.